The Morgan fingerprint density at radius 2 is 1.57 bits per heavy atom. The number of hydrogen-bond donors (Lipinski definition) is 0. The summed E-state index contributed by atoms with van der Waals surface area (Å²) in [4.78, 5) is 4.82. The van der Waals surface area contributed by atoms with Crippen LogP contribution in [0.1, 0.15) is 116 Å². The van der Waals surface area contributed by atoms with Gasteiger partial charge in [0.2, 0.25) is 0 Å². The number of ether oxygens (including phenoxy) is 1. The highest BCUT2D eigenvalue weighted by Crippen LogP contribution is 2.45. The second-order valence-electron chi connectivity index (χ2n) is 16.7. The molecule has 0 amide bonds. The van der Waals surface area contributed by atoms with Crippen molar-refractivity contribution in [2.45, 2.75) is 112 Å². The third kappa shape index (κ3) is 6.41. The number of nitrogens with zero attached hydrogens (tertiary/aromatic N) is 4. The molecule has 264 valence electrons. The van der Waals surface area contributed by atoms with E-state index in [-0.39, 0.29) is 10.8 Å². The maximum Gasteiger partial charge on any atom is 0.137 e. The molecule has 3 heterocycles. The minimum absolute atomic E-state index is 0.0941. The molecule has 0 aliphatic heterocycles. The smallest absolute Gasteiger partial charge is 0.137 e. The van der Waals surface area contributed by atoms with E-state index in [2.05, 4.69) is 157 Å². The van der Waals surface area contributed by atoms with Gasteiger partial charge in [-0.3, -0.25) is 4.57 Å². The van der Waals surface area contributed by atoms with Crippen LogP contribution in [0.2, 0.25) is 0 Å². The summed E-state index contributed by atoms with van der Waals surface area (Å²) < 4.78 is 11.4. The first-order valence-electron chi connectivity index (χ1n) is 18.9. The molecule has 2 atom stereocenters. The Bertz CT molecular complexity index is 2270. The Morgan fingerprint density at radius 3 is 2.27 bits per heavy atom. The van der Waals surface area contributed by atoms with Gasteiger partial charge in [-0.25, -0.2) is 9.67 Å². The van der Waals surface area contributed by atoms with Gasteiger partial charge in [0.25, 0.3) is 0 Å². The van der Waals surface area contributed by atoms with Crippen LogP contribution in [-0.4, -0.2) is 19.3 Å². The molecule has 0 radical (unpaired) electrons. The molecule has 5 nitrogen and oxygen atoms in total. The molecule has 1 unspecified atom stereocenters. The van der Waals surface area contributed by atoms with E-state index in [1.54, 1.807) is 0 Å². The number of para-hydroxylation sites is 1. The van der Waals surface area contributed by atoms with Crippen LogP contribution < -0.4 is 4.74 Å². The van der Waals surface area contributed by atoms with Crippen LogP contribution in [0.3, 0.4) is 0 Å². The summed E-state index contributed by atoms with van der Waals surface area (Å²) in [6.07, 6.45) is 8.59. The third-order valence-corrected chi connectivity index (χ3v) is 10.8. The summed E-state index contributed by atoms with van der Waals surface area (Å²) in [5.41, 5.74) is 10.9. The monoisotopic (exact) mass is 678 g/mol. The van der Waals surface area contributed by atoms with Crippen molar-refractivity contribution in [1.29, 1.82) is 0 Å². The maximum atomic E-state index is 6.87. The van der Waals surface area contributed by atoms with Crippen molar-refractivity contribution in [3.05, 3.63) is 119 Å². The quantitative estimate of drug-likeness (QED) is 0.158. The van der Waals surface area contributed by atoms with E-state index < -0.39 is 0 Å². The van der Waals surface area contributed by atoms with Gasteiger partial charge >= 0.3 is 0 Å². The number of rotatable bonds is 7. The normalized spacial score (nSPS) is 16.9. The predicted octanol–water partition coefficient (Wildman–Crippen LogP) is 12.3. The van der Waals surface area contributed by atoms with Crippen LogP contribution in [0.4, 0.5) is 0 Å². The summed E-state index contributed by atoms with van der Waals surface area (Å²) in [5.74, 6) is 3.47. The van der Waals surface area contributed by atoms with Gasteiger partial charge in [-0.1, -0.05) is 92.2 Å². The largest absolute Gasteiger partial charge is 0.457 e. The molecule has 6 aromatic rings. The van der Waals surface area contributed by atoms with Crippen molar-refractivity contribution in [3.63, 3.8) is 0 Å². The fourth-order valence-corrected chi connectivity index (χ4v) is 8.20. The lowest BCUT2D eigenvalue weighted by Crippen LogP contribution is -2.24. The average Bonchev–Trinajstić information content (AvgIpc) is 3.64. The van der Waals surface area contributed by atoms with Gasteiger partial charge in [-0.2, -0.15) is 5.10 Å². The van der Waals surface area contributed by atoms with Crippen LogP contribution in [0.15, 0.2) is 90.6 Å². The van der Waals surface area contributed by atoms with E-state index in [0.717, 1.165) is 53.3 Å². The highest BCUT2D eigenvalue weighted by atomic mass is 16.5. The van der Waals surface area contributed by atoms with E-state index >= 15 is 0 Å². The topological polar surface area (TPSA) is 44.9 Å². The lowest BCUT2D eigenvalue weighted by atomic mass is 9.72. The molecule has 5 heteroatoms. The predicted molar refractivity (Wildman–Crippen MR) is 213 cm³/mol. The van der Waals surface area contributed by atoms with Crippen LogP contribution in [0, 0.1) is 5.92 Å². The van der Waals surface area contributed by atoms with Crippen molar-refractivity contribution in [1.82, 2.24) is 19.3 Å². The van der Waals surface area contributed by atoms with E-state index in [1.165, 1.54) is 50.8 Å². The highest BCUT2D eigenvalue weighted by Gasteiger charge is 2.36. The van der Waals surface area contributed by atoms with E-state index in [0.29, 0.717) is 11.8 Å². The van der Waals surface area contributed by atoms with Crippen LogP contribution in [0.25, 0.3) is 33.3 Å². The van der Waals surface area contributed by atoms with Gasteiger partial charge in [0.1, 0.15) is 17.3 Å². The second kappa shape index (κ2) is 13.2. The molecule has 0 fully saturated rings. The fourth-order valence-electron chi connectivity index (χ4n) is 8.20. The van der Waals surface area contributed by atoms with Crippen molar-refractivity contribution < 1.29 is 4.74 Å². The van der Waals surface area contributed by atoms with Gasteiger partial charge in [0, 0.05) is 46.0 Å². The Kier molecular flexibility index (Phi) is 8.98. The van der Waals surface area contributed by atoms with Gasteiger partial charge < -0.3 is 4.74 Å². The van der Waals surface area contributed by atoms with Gasteiger partial charge in [-0.05, 0) is 97.5 Å². The molecule has 1 aliphatic carbocycles. The summed E-state index contributed by atoms with van der Waals surface area (Å²) in [7, 11) is 0. The van der Waals surface area contributed by atoms with Crippen molar-refractivity contribution in [3.8, 4) is 23.0 Å². The van der Waals surface area contributed by atoms with Crippen molar-refractivity contribution >= 4 is 21.8 Å². The van der Waals surface area contributed by atoms with Crippen LogP contribution in [0.5, 0.6) is 11.5 Å². The average molecular weight is 679 g/mol. The highest BCUT2D eigenvalue weighted by molar-refractivity contribution is 6.09. The number of hydrogen-bond acceptors (Lipinski definition) is 3. The number of aromatic nitrogens is 4. The SMILES string of the molecule is CCc1ccnc(-n2c3ccccc3c3ccc(Oc4cc(-n5nc(CC)c(C6C(C)=CCC[C@@H]6C)c5C(C)(C)C)cc(C(C)(C)C)c4)cc32)c1. The zero-order chi connectivity index (χ0) is 36.2. The van der Waals surface area contributed by atoms with Crippen LogP contribution >= 0.6 is 0 Å². The lowest BCUT2D eigenvalue weighted by Gasteiger charge is -2.33. The van der Waals surface area contributed by atoms with Gasteiger partial charge in [0.05, 0.1) is 28.1 Å². The molecule has 0 saturated heterocycles. The number of pyridine rings is 1. The molecule has 1 aliphatic rings. The van der Waals surface area contributed by atoms with Gasteiger partial charge in [0.15, 0.2) is 0 Å². The lowest BCUT2D eigenvalue weighted by molar-refractivity contribution is 0.436. The third-order valence-electron chi connectivity index (χ3n) is 10.8. The standard InChI is InChI=1S/C46H54N4O/c1-11-31-22-23-47-41(24-31)49-39-19-14-13-18-36(39)37-21-20-34(28-40(37)49)51-35-26-32(45(5,6)7)25-33(27-35)50-44(46(8,9)10)43(38(12-2)48-50)42-29(3)16-15-17-30(42)4/h13-14,16,18-28,30,42H,11-12,15,17H2,1-10H3/t30-,42?/m0/s1. The Morgan fingerprint density at radius 1 is 0.804 bits per heavy atom. The molecule has 0 spiro atoms. The zero-order valence-electron chi connectivity index (χ0n) is 32.3. The van der Waals surface area contributed by atoms with Crippen LogP contribution in [-0.2, 0) is 23.7 Å². The Balaban J connectivity index is 1.39. The summed E-state index contributed by atoms with van der Waals surface area (Å²) in [6.45, 7) is 23.0. The fraction of sp³-hybridized carbons (Fsp3) is 0.391. The maximum absolute atomic E-state index is 6.87. The number of aryl methyl sites for hydroxylation is 2. The number of benzene rings is 3. The van der Waals surface area contributed by atoms with E-state index in [1.807, 2.05) is 6.20 Å². The summed E-state index contributed by atoms with van der Waals surface area (Å²) >= 11 is 0. The number of allylic oxidation sites excluding steroid dienone is 2. The molecule has 0 N–H and O–H groups in total. The Hall–Kier alpha value is -4.64. The zero-order valence-corrected chi connectivity index (χ0v) is 32.3. The van der Waals surface area contributed by atoms with Gasteiger partial charge in [-0.15, -0.1) is 0 Å². The van der Waals surface area contributed by atoms with Crippen molar-refractivity contribution in [2.24, 2.45) is 5.92 Å². The first-order valence-corrected chi connectivity index (χ1v) is 18.9. The molecule has 51 heavy (non-hydrogen) atoms. The Labute approximate surface area is 304 Å². The molecule has 0 bridgehead atoms. The number of fused-ring (bicyclic) bond motifs is 3. The second-order valence-corrected chi connectivity index (χ2v) is 16.7. The first-order chi connectivity index (χ1) is 24.3. The molecular weight excluding hydrogens is 625 g/mol. The first kappa shape index (κ1) is 34.8. The van der Waals surface area contributed by atoms with Crippen molar-refractivity contribution in [2.75, 3.05) is 0 Å². The molecule has 3 aromatic heterocycles. The van der Waals surface area contributed by atoms with E-state index in [9.17, 15) is 0 Å². The molecule has 7 rings (SSSR count). The molecule has 0 saturated carbocycles. The summed E-state index contributed by atoms with van der Waals surface area (Å²) in [6, 6.07) is 26.0. The minimum atomic E-state index is -0.118. The minimum Gasteiger partial charge on any atom is -0.457 e. The summed E-state index contributed by atoms with van der Waals surface area (Å²) in [5, 5.41) is 7.81. The van der Waals surface area contributed by atoms with E-state index in [4.69, 9.17) is 14.8 Å². The molecule has 3 aromatic carbocycles. The molecular formula is C46H54N4O.